The molecule has 1 aromatic heterocycles. The van der Waals surface area contributed by atoms with Crippen molar-refractivity contribution in [1.29, 1.82) is 0 Å². The largest absolute Gasteiger partial charge is 0.465 e. The fourth-order valence-corrected chi connectivity index (χ4v) is 2.58. The van der Waals surface area contributed by atoms with Gasteiger partial charge in [-0.25, -0.2) is 9.48 Å². The van der Waals surface area contributed by atoms with Gasteiger partial charge >= 0.3 is 6.09 Å². The van der Waals surface area contributed by atoms with E-state index in [1.807, 2.05) is 30.3 Å². The molecule has 22 heavy (non-hydrogen) atoms. The Morgan fingerprint density at radius 2 is 2.00 bits per heavy atom. The number of carbonyl (C=O) groups is 2. The number of carboxylic acid groups (broad SMARTS) is 1. The van der Waals surface area contributed by atoms with Gasteiger partial charge in [-0.3, -0.25) is 9.69 Å². The van der Waals surface area contributed by atoms with Gasteiger partial charge in [0.25, 0.3) is 0 Å². The van der Waals surface area contributed by atoms with Gasteiger partial charge in [0.1, 0.15) is 0 Å². The maximum Gasteiger partial charge on any atom is 0.407 e. The van der Waals surface area contributed by atoms with Crippen LogP contribution in [0, 0.1) is 0 Å². The average Bonchev–Trinajstić information content (AvgIpc) is 3.05. The first-order valence-corrected chi connectivity index (χ1v) is 6.93. The highest BCUT2D eigenvalue weighted by Gasteiger charge is 2.30. The minimum atomic E-state index is -0.957. The summed E-state index contributed by atoms with van der Waals surface area (Å²) in [5.74, 6) is -0.143. The van der Waals surface area contributed by atoms with Gasteiger partial charge in [0.2, 0.25) is 5.91 Å². The molecule has 0 atom stereocenters. The predicted octanol–water partition coefficient (Wildman–Crippen LogP) is 1.50. The molecule has 0 radical (unpaired) electrons. The highest BCUT2D eigenvalue weighted by Crippen LogP contribution is 2.28. The molecule has 0 fully saturated rings. The molecule has 1 aliphatic heterocycles. The Morgan fingerprint density at radius 3 is 2.64 bits per heavy atom. The Kier molecular flexibility index (Phi) is 3.54. The number of benzene rings is 1. The monoisotopic (exact) mass is 300 g/mol. The van der Waals surface area contributed by atoms with Crippen LogP contribution in [0.4, 0.5) is 4.79 Å². The van der Waals surface area contributed by atoms with Crippen molar-refractivity contribution in [2.75, 3.05) is 0 Å². The molecule has 7 heteroatoms. The molecule has 1 aliphatic rings. The minimum Gasteiger partial charge on any atom is -0.465 e. The van der Waals surface area contributed by atoms with E-state index in [1.165, 1.54) is 11.8 Å². The summed E-state index contributed by atoms with van der Waals surface area (Å²) >= 11 is 0. The van der Waals surface area contributed by atoms with Crippen molar-refractivity contribution in [3.8, 4) is 5.69 Å². The van der Waals surface area contributed by atoms with Crippen LogP contribution < -0.4 is 5.32 Å². The average molecular weight is 300 g/mol. The lowest BCUT2D eigenvalue weighted by Crippen LogP contribution is -2.25. The second-order valence-corrected chi connectivity index (χ2v) is 5.17. The maximum absolute atomic E-state index is 11.2. The lowest BCUT2D eigenvalue weighted by Gasteiger charge is -2.12. The summed E-state index contributed by atoms with van der Waals surface area (Å²) < 4.78 is 1.76. The second kappa shape index (κ2) is 5.51. The number of aromatic nitrogens is 2. The molecule has 0 unspecified atom stereocenters. The van der Waals surface area contributed by atoms with Crippen LogP contribution in [0.15, 0.2) is 30.3 Å². The van der Waals surface area contributed by atoms with Crippen LogP contribution in [0.5, 0.6) is 0 Å². The normalized spacial score (nSPS) is 13.0. The van der Waals surface area contributed by atoms with Crippen LogP contribution >= 0.6 is 0 Å². The van der Waals surface area contributed by atoms with E-state index >= 15 is 0 Å². The fourth-order valence-electron chi connectivity index (χ4n) is 2.58. The van der Waals surface area contributed by atoms with Crippen molar-refractivity contribution >= 4 is 12.0 Å². The first-order chi connectivity index (χ1) is 10.6. The minimum absolute atomic E-state index is 0.143. The maximum atomic E-state index is 11.2. The lowest BCUT2D eigenvalue weighted by atomic mass is 10.2. The molecule has 2 heterocycles. The summed E-state index contributed by atoms with van der Waals surface area (Å²) in [7, 11) is 0. The van der Waals surface area contributed by atoms with Gasteiger partial charge in [0.15, 0.2) is 0 Å². The predicted molar refractivity (Wildman–Crippen MR) is 78.4 cm³/mol. The molecule has 2 N–H and O–H groups in total. The molecular formula is C15H16N4O3. The Bertz CT molecular complexity index is 724. The van der Waals surface area contributed by atoms with Crippen molar-refractivity contribution in [1.82, 2.24) is 20.0 Å². The molecule has 0 aliphatic carbocycles. The van der Waals surface area contributed by atoms with E-state index in [1.54, 1.807) is 4.68 Å². The van der Waals surface area contributed by atoms with Gasteiger partial charge in [-0.1, -0.05) is 18.2 Å². The third-order valence-corrected chi connectivity index (χ3v) is 3.64. The van der Waals surface area contributed by atoms with Gasteiger partial charge in [0.05, 0.1) is 36.7 Å². The van der Waals surface area contributed by atoms with Gasteiger partial charge in [-0.05, 0) is 12.1 Å². The van der Waals surface area contributed by atoms with Crippen LogP contribution in [0.2, 0.25) is 0 Å². The molecule has 114 valence electrons. The third-order valence-electron chi connectivity index (χ3n) is 3.64. The standard InChI is InChI=1S/C15H16N4O3/c1-10(20)16-7-13-12-8-18(15(21)22)9-14(12)19(17-13)11-5-3-2-4-6-11/h2-6H,7-9H2,1H3,(H,16,20)(H,21,22). The number of fused-ring (bicyclic) bond motifs is 1. The second-order valence-electron chi connectivity index (χ2n) is 5.17. The summed E-state index contributed by atoms with van der Waals surface area (Å²) in [5.41, 5.74) is 3.31. The highest BCUT2D eigenvalue weighted by molar-refractivity contribution is 5.72. The smallest absolute Gasteiger partial charge is 0.407 e. The number of rotatable bonds is 3. The van der Waals surface area contributed by atoms with Gasteiger partial charge in [-0.15, -0.1) is 0 Å². The Morgan fingerprint density at radius 1 is 1.27 bits per heavy atom. The van der Waals surface area contributed by atoms with Crippen molar-refractivity contribution in [2.24, 2.45) is 0 Å². The van der Waals surface area contributed by atoms with Crippen LogP contribution in [0.25, 0.3) is 5.69 Å². The Hall–Kier alpha value is -2.83. The fraction of sp³-hybridized carbons (Fsp3) is 0.267. The summed E-state index contributed by atoms with van der Waals surface area (Å²) in [6.45, 7) is 2.34. The van der Waals surface area contributed by atoms with Gasteiger partial charge in [-0.2, -0.15) is 5.10 Å². The number of nitrogens with one attached hydrogen (secondary N) is 1. The van der Waals surface area contributed by atoms with Crippen LogP contribution in [-0.2, 0) is 24.4 Å². The molecule has 0 saturated heterocycles. The topological polar surface area (TPSA) is 87.5 Å². The van der Waals surface area contributed by atoms with E-state index in [-0.39, 0.29) is 5.91 Å². The summed E-state index contributed by atoms with van der Waals surface area (Å²) in [6.07, 6.45) is -0.957. The molecule has 0 spiro atoms. The molecule has 3 rings (SSSR count). The van der Waals surface area contributed by atoms with Gasteiger partial charge in [0, 0.05) is 12.5 Å². The number of amides is 2. The van der Waals surface area contributed by atoms with E-state index in [2.05, 4.69) is 10.4 Å². The summed E-state index contributed by atoms with van der Waals surface area (Å²) in [6, 6.07) is 9.55. The number of hydrogen-bond donors (Lipinski definition) is 2. The molecule has 7 nitrogen and oxygen atoms in total. The van der Waals surface area contributed by atoms with Crippen LogP contribution in [0.1, 0.15) is 23.9 Å². The summed E-state index contributed by atoms with van der Waals surface area (Å²) in [5, 5.41) is 16.5. The number of nitrogens with zero attached hydrogens (tertiary/aromatic N) is 3. The third kappa shape index (κ3) is 2.52. The number of para-hydroxylation sites is 1. The molecule has 0 saturated carbocycles. The van der Waals surface area contributed by atoms with Crippen LogP contribution in [0.3, 0.4) is 0 Å². The van der Waals surface area contributed by atoms with E-state index in [9.17, 15) is 14.7 Å². The first-order valence-electron chi connectivity index (χ1n) is 6.93. The lowest BCUT2D eigenvalue weighted by molar-refractivity contribution is -0.119. The molecule has 1 aromatic carbocycles. The van der Waals surface area contributed by atoms with E-state index in [0.717, 1.165) is 16.9 Å². The Balaban J connectivity index is 2.00. The first kappa shape index (κ1) is 14.1. The van der Waals surface area contributed by atoms with Gasteiger partial charge < -0.3 is 10.4 Å². The molecule has 0 bridgehead atoms. The van der Waals surface area contributed by atoms with Crippen molar-refractivity contribution in [3.63, 3.8) is 0 Å². The molecule has 2 aromatic rings. The summed E-state index contributed by atoms with van der Waals surface area (Å²) in [4.78, 5) is 23.7. The SMILES string of the molecule is CC(=O)NCc1nn(-c2ccccc2)c2c1CN(C(=O)O)C2. The van der Waals surface area contributed by atoms with Crippen molar-refractivity contribution in [3.05, 3.63) is 47.3 Å². The molecule has 2 amide bonds. The number of carbonyl (C=O) groups excluding carboxylic acids is 1. The zero-order valence-electron chi connectivity index (χ0n) is 12.1. The number of hydrogen-bond acceptors (Lipinski definition) is 3. The quantitative estimate of drug-likeness (QED) is 0.899. The van der Waals surface area contributed by atoms with E-state index < -0.39 is 6.09 Å². The molecular weight excluding hydrogens is 284 g/mol. The van der Waals surface area contributed by atoms with E-state index in [4.69, 9.17) is 0 Å². The zero-order valence-corrected chi connectivity index (χ0v) is 12.1. The van der Waals surface area contributed by atoms with E-state index in [0.29, 0.717) is 25.3 Å². The zero-order chi connectivity index (χ0) is 15.7. The Labute approximate surface area is 127 Å². The van der Waals surface area contributed by atoms with Crippen molar-refractivity contribution < 1.29 is 14.7 Å². The highest BCUT2D eigenvalue weighted by atomic mass is 16.4. The van der Waals surface area contributed by atoms with Crippen molar-refractivity contribution in [2.45, 2.75) is 26.6 Å². The van der Waals surface area contributed by atoms with Crippen LogP contribution in [-0.4, -0.2) is 31.8 Å².